The average Bonchev–Trinajstić information content (AvgIpc) is 3.28. The molecule has 0 aromatic heterocycles. The van der Waals surface area contributed by atoms with E-state index in [2.05, 4.69) is 0 Å². The molecule has 2 aliphatic rings. The summed E-state index contributed by atoms with van der Waals surface area (Å²) in [5.41, 5.74) is 2.05. The van der Waals surface area contributed by atoms with Gasteiger partial charge in [0.2, 0.25) is 6.79 Å². The highest BCUT2D eigenvalue weighted by atomic mass is 16.7. The Morgan fingerprint density at radius 3 is 2.56 bits per heavy atom. The van der Waals surface area contributed by atoms with Crippen LogP contribution in [-0.4, -0.2) is 36.5 Å². The van der Waals surface area contributed by atoms with Gasteiger partial charge in [-0.15, -0.1) is 0 Å². The van der Waals surface area contributed by atoms with E-state index in [4.69, 9.17) is 14.2 Å². The molecule has 2 aromatic rings. The number of likely N-dealkylation sites (tertiary alicyclic amines) is 1. The zero-order valence-corrected chi connectivity index (χ0v) is 13.8. The molecule has 0 saturated carbocycles. The van der Waals surface area contributed by atoms with E-state index in [1.807, 2.05) is 42.5 Å². The number of benzene rings is 2. The maximum absolute atomic E-state index is 11.7. The van der Waals surface area contributed by atoms with E-state index in [0.717, 1.165) is 34.8 Å². The van der Waals surface area contributed by atoms with E-state index in [9.17, 15) is 9.90 Å². The molecule has 4 rings (SSSR count). The summed E-state index contributed by atoms with van der Waals surface area (Å²) in [7, 11) is 1.61. The van der Waals surface area contributed by atoms with Crippen molar-refractivity contribution in [3.8, 4) is 17.2 Å². The van der Waals surface area contributed by atoms with Gasteiger partial charge in [-0.25, -0.2) is 4.79 Å². The third kappa shape index (κ3) is 2.84. The first-order valence-corrected chi connectivity index (χ1v) is 8.19. The van der Waals surface area contributed by atoms with Gasteiger partial charge in [0.25, 0.3) is 0 Å². The van der Waals surface area contributed by atoms with Gasteiger partial charge in [0.15, 0.2) is 11.5 Å². The highest BCUT2D eigenvalue weighted by molar-refractivity contribution is 5.66. The van der Waals surface area contributed by atoms with Crippen molar-refractivity contribution in [2.24, 2.45) is 0 Å². The first-order valence-electron chi connectivity index (χ1n) is 8.19. The van der Waals surface area contributed by atoms with E-state index in [0.29, 0.717) is 6.54 Å². The number of amides is 1. The maximum Gasteiger partial charge on any atom is 0.407 e. The molecule has 1 amide bonds. The van der Waals surface area contributed by atoms with Crippen LogP contribution in [0.2, 0.25) is 0 Å². The molecule has 1 saturated heterocycles. The summed E-state index contributed by atoms with van der Waals surface area (Å²) in [5, 5.41) is 9.62. The Hall–Kier alpha value is -2.89. The molecule has 2 aromatic carbocycles. The van der Waals surface area contributed by atoms with Gasteiger partial charge in [-0.3, -0.25) is 0 Å². The molecule has 6 nitrogen and oxygen atoms in total. The van der Waals surface area contributed by atoms with Crippen molar-refractivity contribution in [2.45, 2.75) is 18.4 Å². The van der Waals surface area contributed by atoms with Gasteiger partial charge < -0.3 is 24.2 Å². The van der Waals surface area contributed by atoms with Gasteiger partial charge in [-0.05, 0) is 41.8 Å². The number of ether oxygens (including phenoxy) is 3. The minimum atomic E-state index is -0.899. The van der Waals surface area contributed by atoms with Gasteiger partial charge in [0.05, 0.1) is 13.2 Å². The summed E-state index contributed by atoms with van der Waals surface area (Å²) in [4.78, 5) is 13.2. The lowest BCUT2D eigenvalue weighted by molar-refractivity contribution is 0.140. The van der Waals surface area contributed by atoms with Crippen LogP contribution in [0.3, 0.4) is 0 Å². The molecule has 130 valence electrons. The minimum absolute atomic E-state index is 0.123. The highest BCUT2D eigenvalue weighted by Gasteiger charge is 2.37. The second kappa shape index (κ2) is 6.20. The Balaban J connectivity index is 1.60. The summed E-state index contributed by atoms with van der Waals surface area (Å²) >= 11 is 0. The normalized spacial score (nSPS) is 21.4. The smallest absolute Gasteiger partial charge is 0.407 e. The molecule has 2 atom stereocenters. The Bertz CT molecular complexity index is 789. The fourth-order valence-electron chi connectivity index (χ4n) is 3.60. The van der Waals surface area contributed by atoms with E-state index in [1.54, 1.807) is 7.11 Å². The molecule has 6 heteroatoms. The lowest BCUT2D eigenvalue weighted by Gasteiger charge is -2.21. The third-order valence-electron chi connectivity index (χ3n) is 4.92. The van der Waals surface area contributed by atoms with Crippen molar-refractivity contribution < 1.29 is 24.1 Å². The fourth-order valence-corrected chi connectivity index (χ4v) is 3.60. The number of rotatable bonds is 3. The zero-order valence-electron chi connectivity index (χ0n) is 13.8. The summed E-state index contributed by atoms with van der Waals surface area (Å²) in [6.45, 7) is 0.699. The van der Waals surface area contributed by atoms with Crippen molar-refractivity contribution in [1.82, 2.24) is 4.90 Å². The molecule has 1 fully saturated rings. The monoisotopic (exact) mass is 341 g/mol. The van der Waals surface area contributed by atoms with E-state index >= 15 is 0 Å². The Labute approximate surface area is 145 Å². The van der Waals surface area contributed by atoms with Gasteiger partial charge in [-0.1, -0.05) is 18.2 Å². The lowest BCUT2D eigenvalue weighted by Crippen LogP contribution is -2.29. The average molecular weight is 341 g/mol. The number of hydrogen-bond acceptors (Lipinski definition) is 4. The van der Waals surface area contributed by atoms with Crippen molar-refractivity contribution in [1.29, 1.82) is 0 Å². The molecule has 2 heterocycles. The number of nitrogens with zero attached hydrogens (tertiary/aromatic N) is 1. The van der Waals surface area contributed by atoms with Crippen LogP contribution in [0.25, 0.3) is 0 Å². The van der Waals surface area contributed by atoms with Crippen LogP contribution >= 0.6 is 0 Å². The Morgan fingerprint density at radius 2 is 1.84 bits per heavy atom. The molecular weight excluding hydrogens is 322 g/mol. The quantitative estimate of drug-likeness (QED) is 0.923. The molecule has 0 radical (unpaired) electrons. The van der Waals surface area contributed by atoms with Crippen LogP contribution in [-0.2, 0) is 0 Å². The third-order valence-corrected chi connectivity index (χ3v) is 4.92. The van der Waals surface area contributed by atoms with Crippen LogP contribution in [0.15, 0.2) is 42.5 Å². The molecular formula is C19H19NO5. The van der Waals surface area contributed by atoms with Crippen molar-refractivity contribution in [3.05, 3.63) is 53.6 Å². The first kappa shape index (κ1) is 15.6. The van der Waals surface area contributed by atoms with Crippen LogP contribution in [0, 0.1) is 0 Å². The Morgan fingerprint density at radius 1 is 1.12 bits per heavy atom. The predicted molar refractivity (Wildman–Crippen MR) is 90.4 cm³/mol. The topological polar surface area (TPSA) is 68.2 Å². The molecule has 2 aliphatic heterocycles. The molecule has 25 heavy (non-hydrogen) atoms. The van der Waals surface area contributed by atoms with Crippen molar-refractivity contribution in [3.63, 3.8) is 0 Å². The number of methoxy groups -OCH3 is 1. The highest BCUT2D eigenvalue weighted by Crippen LogP contribution is 2.43. The van der Waals surface area contributed by atoms with Crippen LogP contribution in [0.5, 0.6) is 17.2 Å². The second-order valence-corrected chi connectivity index (χ2v) is 6.27. The number of fused-ring (bicyclic) bond motifs is 1. The van der Waals surface area contributed by atoms with Crippen LogP contribution < -0.4 is 14.2 Å². The molecule has 0 spiro atoms. The molecule has 0 bridgehead atoms. The zero-order chi connectivity index (χ0) is 17.4. The summed E-state index contributed by atoms with van der Waals surface area (Å²) in [6.07, 6.45) is -0.165. The maximum atomic E-state index is 11.7. The fraction of sp³-hybridized carbons (Fsp3) is 0.316. The van der Waals surface area contributed by atoms with Gasteiger partial charge >= 0.3 is 6.09 Å². The Kier molecular flexibility index (Phi) is 3.87. The number of carbonyl (C=O) groups is 1. The first-order chi connectivity index (χ1) is 12.2. The van der Waals surface area contributed by atoms with Gasteiger partial charge in [0.1, 0.15) is 5.75 Å². The predicted octanol–water partition coefficient (Wildman–Crippen LogP) is 3.63. The summed E-state index contributed by atoms with van der Waals surface area (Å²) in [6, 6.07) is 13.3. The molecule has 1 N–H and O–H groups in total. The van der Waals surface area contributed by atoms with Gasteiger partial charge in [-0.2, -0.15) is 0 Å². The van der Waals surface area contributed by atoms with Crippen LogP contribution in [0.1, 0.15) is 29.5 Å². The summed E-state index contributed by atoms with van der Waals surface area (Å²) in [5.74, 6) is 2.35. The number of hydrogen-bond donors (Lipinski definition) is 1. The van der Waals surface area contributed by atoms with E-state index in [1.165, 1.54) is 4.90 Å². The van der Waals surface area contributed by atoms with E-state index in [-0.39, 0.29) is 18.8 Å². The molecule has 0 aliphatic carbocycles. The SMILES string of the molecule is COc1ccc([C@H]2C[C@H](c3ccc4c(c3)OCO4)CN2C(=O)O)cc1. The molecule has 0 unspecified atom stereocenters. The van der Waals surface area contributed by atoms with Crippen LogP contribution in [0.4, 0.5) is 4.79 Å². The number of carboxylic acid groups (broad SMARTS) is 1. The summed E-state index contributed by atoms with van der Waals surface area (Å²) < 4.78 is 16.0. The van der Waals surface area contributed by atoms with Crippen molar-refractivity contribution >= 4 is 6.09 Å². The standard InChI is InChI=1S/C19H19NO5/c1-23-15-5-2-12(3-6-15)16-8-14(10-20(16)19(21)22)13-4-7-17-18(9-13)25-11-24-17/h2-7,9,14,16H,8,10-11H2,1H3,(H,21,22)/t14-,16+/m0/s1. The van der Waals surface area contributed by atoms with E-state index < -0.39 is 6.09 Å². The van der Waals surface area contributed by atoms with Crippen molar-refractivity contribution in [2.75, 3.05) is 20.4 Å². The van der Waals surface area contributed by atoms with Gasteiger partial charge in [0, 0.05) is 12.5 Å². The lowest BCUT2D eigenvalue weighted by atomic mass is 9.93. The largest absolute Gasteiger partial charge is 0.497 e. The second-order valence-electron chi connectivity index (χ2n) is 6.27. The minimum Gasteiger partial charge on any atom is -0.497 e.